The van der Waals surface area contributed by atoms with E-state index in [0.717, 1.165) is 15.9 Å². The maximum absolute atomic E-state index is 12.6. The molecule has 0 aliphatic rings. The van der Waals surface area contributed by atoms with Crippen LogP contribution in [0, 0.1) is 0 Å². The first kappa shape index (κ1) is 17.2. The van der Waals surface area contributed by atoms with E-state index in [1.165, 1.54) is 16.4 Å². The monoisotopic (exact) mass is 356 g/mol. The lowest BCUT2D eigenvalue weighted by Gasteiger charge is -2.29. The van der Waals surface area contributed by atoms with Gasteiger partial charge >= 0.3 is 6.03 Å². The van der Waals surface area contributed by atoms with Crippen LogP contribution in [0.4, 0.5) is 4.79 Å². The quantitative estimate of drug-likeness (QED) is 0.703. The molecule has 3 aromatic rings. The Balaban J connectivity index is 1.72. The molecular weight excluding hydrogens is 336 g/mol. The number of nitrogens with zero attached hydrogens (tertiary/aromatic N) is 3. The predicted molar refractivity (Wildman–Crippen MR) is 98.4 cm³/mol. The van der Waals surface area contributed by atoms with E-state index in [9.17, 15) is 4.79 Å². The van der Waals surface area contributed by atoms with Crippen molar-refractivity contribution in [2.45, 2.75) is 26.3 Å². The van der Waals surface area contributed by atoms with Gasteiger partial charge in [-0.2, -0.15) is 5.06 Å². The largest absolute Gasteiger partial charge is 0.375 e. The van der Waals surface area contributed by atoms with Crippen molar-refractivity contribution in [2.75, 3.05) is 6.54 Å². The number of carbonyl (C=O) groups excluding carboxylic acids is 1. The predicted octanol–water partition coefficient (Wildman–Crippen LogP) is 3.95. The zero-order valence-corrected chi connectivity index (χ0v) is 15.2. The van der Waals surface area contributed by atoms with Gasteiger partial charge in [-0.3, -0.25) is 4.98 Å². The normalized spacial score (nSPS) is 11.3. The van der Waals surface area contributed by atoms with Crippen molar-refractivity contribution in [1.82, 2.24) is 20.3 Å². The molecule has 6 nitrogen and oxygen atoms in total. The van der Waals surface area contributed by atoms with Crippen LogP contribution in [-0.4, -0.2) is 27.6 Å². The molecule has 0 atom stereocenters. The number of hydrogen-bond acceptors (Lipinski definition) is 5. The van der Waals surface area contributed by atoms with Crippen LogP contribution in [0.15, 0.2) is 48.1 Å². The molecule has 0 unspecified atom stereocenters. The van der Waals surface area contributed by atoms with Crippen molar-refractivity contribution >= 4 is 27.6 Å². The van der Waals surface area contributed by atoms with Gasteiger partial charge in [-0.05, 0) is 45.0 Å². The summed E-state index contributed by atoms with van der Waals surface area (Å²) in [5.41, 5.74) is 2.87. The summed E-state index contributed by atoms with van der Waals surface area (Å²) in [5, 5.41) is 4.26. The van der Waals surface area contributed by atoms with Gasteiger partial charge in [-0.15, -0.1) is 11.3 Å². The van der Waals surface area contributed by atoms with Gasteiger partial charge in [0, 0.05) is 12.3 Å². The minimum atomic E-state index is -0.614. The fourth-order valence-corrected chi connectivity index (χ4v) is 3.10. The highest BCUT2D eigenvalue weighted by Gasteiger charge is 2.27. The zero-order valence-electron chi connectivity index (χ0n) is 14.4. The summed E-state index contributed by atoms with van der Waals surface area (Å²) in [6.45, 7) is 6.08. The minimum absolute atomic E-state index is 0.317. The number of hydroxylamine groups is 2. The molecule has 3 rings (SSSR count). The fourth-order valence-electron chi connectivity index (χ4n) is 2.40. The van der Waals surface area contributed by atoms with Crippen molar-refractivity contribution < 1.29 is 9.63 Å². The molecule has 0 fully saturated rings. The average Bonchev–Trinajstić information content (AvgIpc) is 3.07. The summed E-state index contributed by atoms with van der Waals surface area (Å²) in [5.74, 6) is 0.601. The Morgan fingerprint density at radius 1 is 1.28 bits per heavy atom. The van der Waals surface area contributed by atoms with Crippen LogP contribution in [0.25, 0.3) is 10.2 Å². The highest BCUT2D eigenvalue weighted by molar-refractivity contribution is 7.16. The Morgan fingerprint density at radius 3 is 2.84 bits per heavy atom. The van der Waals surface area contributed by atoms with Gasteiger partial charge in [0.05, 0.1) is 33.5 Å². The summed E-state index contributed by atoms with van der Waals surface area (Å²) in [7, 11) is 0. The Labute approximate surface area is 150 Å². The number of pyridine rings is 1. The van der Waals surface area contributed by atoms with Gasteiger partial charge in [0.2, 0.25) is 0 Å². The lowest BCUT2D eigenvalue weighted by Crippen LogP contribution is -2.49. The molecule has 2 amide bonds. The summed E-state index contributed by atoms with van der Waals surface area (Å²) >= 11 is 1.53. The third-order valence-electron chi connectivity index (χ3n) is 3.76. The molecule has 0 radical (unpaired) electrons. The maximum atomic E-state index is 12.6. The second-order valence-corrected chi connectivity index (χ2v) is 6.92. The molecule has 0 saturated carbocycles. The van der Waals surface area contributed by atoms with E-state index in [1.807, 2.05) is 57.2 Å². The summed E-state index contributed by atoms with van der Waals surface area (Å²) in [4.78, 5) is 27.0. The second kappa shape index (κ2) is 7.06. The van der Waals surface area contributed by atoms with Gasteiger partial charge in [0.25, 0.3) is 0 Å². The molecule has 0 bridgehead atoms. The molecule has 0 aliphatic carbocycles. The molecule has 0 spiro atoms. The smallest absolute Gasteiger partial charge is 0.351 e. The Kier molecular flexibility index (Phi) is 4.85. The summed E-state index contributed by atoms with van der Waals surface area (Å²) < 4.78 is 1.02. The van der Waals surface area contributed by atoms with Crippen molar-refractivity contribution in [2.24, 2.45) is 0 Å². The van der Waals surface area contributed by atoms with E-state index < -0.39 is 5.54 Å². The van der Waals surface area contributed by atoms with Crippen LogP contribution in [-0.2, 0) is 5.54 Å². The zero-order chi connectivity index (χ0) is 17.9. The van der Waals surface area contributed by atoms with E-state index in [-0.39, 0.29) is 6.03 Å². The molecular formula is C18H20N4O2S. The maximum Gasteiger partial charge on any atom is 0.351 e. The van der Waals surface area contributed by atoms with Gasteiger partial charge in [0.15, 0.2) is 5.75 Å². The molecule has 2 aromatic heterocycles. The van der Waals surface area contributed by atoms with Crippen molar-refractivity contribution in [3.8, 4) is 5.75 Å². The van der Waals surface area contributed by atoms with Crippen LogP contribution >= 0.6 is 11.3 Å². The van der Waals surface area contributed by atoms with E-state index in [4.69, 9.17) is 4.84 Å². The molecule has 0 saturated heterocycles. The van der Waals surface area contributed by atoms with Crippen LogP contribution < -0.4 is 10.2 Å². The first-order valence-electron chi connectivity index (χ1n) is 8.02. The van der Waals surface area contributed by atoms with Gasteiger partial charge < -0.3 is 10.2 Å². The van der Waals surface area contributed by atoms with Crippen molar-refractivity contribution in [3.63, 3.8) is 0 Å². The molecule has 2 heterocycles. The van der Waals surface area contributed by atoms with Gasteiger partial charge in [-0.25, -0.2) is 9.78 Å². The third kappa shape index (κ3) is 3.88. The standard InChI is InChI=1S/C18H20N4O2S/c1-4-22(24-13-8-9-14-15(11-13)25-12-20-14)17(23)21-18(2,3)16-7-5-6-10-19-16/h5-12H,4H2,1-3H3,(H,21,23). The summed E-state index contributed by atoms with van der Waals surface area (Å²) in [6.07, 6.45) is 1.71. The van der Waals surface area contributed by atoms with Crippen LogP contribution in [0.1, 0.15) is 26.5 Å². The van der Waals surface area contributed by atoms with E-state index >= 15 is 0 Å². The molecule has 1 aromatic carbocycles. The average molecular weight is 356 g/mol. The number of aromatic nitrogens is 2. The number of carbonyl (C=O) groups is 1. The van der Waals surface area contributed by atoms with Crippen molar-refractivity contribution in [1.29, 1.82) is 0 Å². The molecule has 1 N–H and O–H groups in total. The number of thiazole rings is 1. The van der Waals surface area contributed by atoms with Crippen molar-refractivity contribution in [3.05, 3.63) is 53.8 Å². The lowest BCUT2D eigenvalue weighted by atomic mass is 10.0. The van der Waals surface area contributed by atoms with Gasteiger partial charge in [0.1, 0.15) is 0 Å². The van der Waals surface area contributed by atoms with E-state index in [0.29, 0.717) is 12.3 Å². The molecule has 0 aliphatic heterocycles. The Bertz CT molecular complexity index is 864. The molecule has 130 valence electrons. The topological polar surface area (TPSA) is 67.3 Å². The molecule has 7 heteroatoms. The van der Waals surface area contributed by atoms with Crippen LogP contribution in [0.3, 0.4) is 0 Å². The first-order valence-corrected chi connectivity index (χ1v) is 8.90. The number of hydrogen-bond donors (Lipinski definition) is 1. The van der Waals surface area contributed by atoms with Crippen LogP contribution in [0.2, 0.25) is 0 Å². The fraction of sp³-hybridized carbons (Fsp3) is 0.278. The van der Waals surface area contributed by atoms with Crippen LogP contribution in [0.5, 0.6) is 5.75 Å². The highest BCUT2D eigenvalue weighted by Crippen LogP contribution is 2.24. The number of rotatable bonds is 5. The van der Waals surface area contributed by atoms with Gasteiger partial charge in [-0.1, -0.05) is 6.07 Å². The third-order valence-corrected chi connectivity index (χ3v) is 4.55. The van der Waals surface area contributed by atoms with E-state index in [2.05, 4.69) is 15.3 Å². The van der Waals surface area contributed by atoms with E-state index in [1.54, 1.807) is 11.7 Å². The number of urea groups is 1. The molecule has 25 heavy (non-hydrogen) atoms. The SMILES string of the molecule is CCN(Oc1ccc2ncsc2c1)C(=O)NC(C)(C)c1ccccn1. The second-order valence-electron chi connectivity index (χ2n) is 6.04. The summed E-state index contributed by atoms with van der Waals surface area (Å²) in [6, 6.07) is 10.9. The number of nitrogens with one attached hydrogen (secondary N) is 1. The number of benzene rings is 1. The minimum Gasteiger partial charge on any atom is -0.375 e. The lowest BCUT2D eigenvalue weighted by molar-refractivity contribution is -0.0113. The first-order chi connectivity index (χ1) is 12.0. The highest BCUT2D eigenvalue weighted by atomic mass is 32.1. The number of fused-ring (bicyclic) bond motifs is 1. The number of amides is 2. The Morgan fingerprint density at radius 2 is 2.12 bits per heavy atom. The Hall–Kier alpha value is -2.67.